The zero-order valence-corrected chi connectivity index (χ0v) is 13.0. The normalized spacial score (nSPS) is 17.2. The number of likely N-dealkylation sites (tertiary alicyclic amines) is 1. The van der Waals surface area contributed by atoms with Gasteiger partial charge in [-0.05, 0) is 24.1 Å². The van der Waals surface area contributed by atoms with E-state index in [0.717, 1.165) is 12.0 Å². The molecule has 0 spiro atoms. The maximum absolute atomic E-state index is 13.0. The minimum atomic E-state index is -0.418. The summed E-state index contributed by atoms with van der Waals surface area (Å²) in [6, 6.07) is 5.98. The van der Waals surface area contributed by atoms with Crippen LogP contribution >= 0.6 is 0 Å². The molecule has 3 rings (SSSR count). The lowest BCUT2D eigenvalue weighted by Crippen LogP contribution is -2.46. The van der Waals surface area contributed by atoms with Crippen LogP contribution in [0.2, 0.25) is 0 Å². The van der Waals surface area contributed by atoms with E-state index in [0.29, 0.717) is 12.4 Å². The van der Waals surface area contributed by atoms with Gasteiger partial charge in [-0.3, -0.25) is 9.59 Å². The molecule has 1 atom stereocenters. The molecule has 1 aromatic heterocycles. The third-order valence-corrected chi connectivity index (χ3v) is 4.13. The highest BCUT2D eigenvalue weighted by Gasteiger charge is 2.35. The van der Waals surface area contributed by atoms with Crippen molar-refractivity contribution >= 4 is 5.91 Å². The Balaban J connectivity index is 1.83. The molecule has 6 heteroatoms. The number of nitrogens with zero attached hydrogens (tertiary/aromatic N) is 2. The Labute approximate surface area is 133 Å². The summed E-state index contributed by atoms with van der Waals surface area (Å²) < 4.78 is 13.0. The van der Waals surface area contributed by atoms with Gasteiger partial charge in [-0.25, -0.2) is 9.37 Å². The smallest absolute Gasteiger partial charge is 0.263 e. The van der Waals surface area contributed by atoms with Crippen molar-refractivity contribution in [3.05, 3.63) is 63.6 Å². The lowest BCUT2D eigenvalue weighted by Gasteiger charge is -2.41. The number of amides is 1. The van der Waals surface area contributed by atoms with Gasteiger partial charge >= 0.3 is 0 Å². The van der Waals surface area contributed by atoms with E-state index in [1.54, 1.807) is 17.0 Å². The van der Waals surface area contributed by atoms with Crippen molar-refractivity contribution in [1.82, 2.24) is 14.9 Å². The standard InChI is InChI=1S/C17H18FN3O2/c1-10(2)15-19-9-13(16(22)20-15)17(23)21-8-7-14(21)11-3-5-12(18)6-4-11/h3-6,9-10,14H,7-8H2,1-2H3,(H,19,20,22). The van der Waals surface area contributed by atoms with Crippen LogP contribution in [0.5, 0.6) is 0 Å². The third-order valence-electron chi connectivity index (χ3n) is 4.13. The second-order valence-corrected chi connectivity index (χ2v) is 6.02. The number of aromatic nitrogens is 2. The van der Waals surface area contributed by atoms with Crippen LogP contribution < -0.4 is 5.56 Å². The van der Waals surface area contributed by atoms with E-state index >= 15 is 0 Å². The minimum absolute atomic E-state index is 0.0428. The lowest BCUT2D eigenvalue weighted by atomic mass is 9.94. The van der Waals surface area contributed by atoms with E-state index in [4.69, 9.17) is 0 Å². The number of carbonyl (C=O) groups is 1. The van der Waals surface area contributed by atoms with E-state index in [-0.39, 0.29) is 29.2 Å². The van der Waals surface area contributed by atoms with Crippen LogP contribution in [0.25, 0.3) is 0 Å². The summed E-state index contributed by atoms with van der Waals surface area (Å²) in [4.78, 5) is 33.1. The molecule has 2 aromatic rings. The Morgan fingerprint density at radius 3 is 2.57 bits per heavy atom. The summed E-state index contributed by atoms with van der Waals surface area (Å²) in [5, 5.41) is 0. The number of hydrogen-bond acceptors (Lipinski definition) is 3. The number of rotatable bonds is 3. The number of halogens is 1. The highest BCUT2D eigenvalue weighted by molar-refractivity contribution is 5.94. The van der Waals surface area contributed by atoms with Gasteiger partial charge in [0.2, 0.25) is 0 Å². The Hall–Kier alpha value is -2.50. The fourth-order valence-corrected chi connectivity index (χ4v) is 2.67. The maximum Gasteiger partial charge on any atom is 0.263 e. The van der Waals surface area contributed by atoms with Crippen molar-refractivity contribution in [3.63, 3.8) is 0 Å². The summed E-state index contributed by atoms with van der Waals surface area (Å²) in [7, 11) is 0. The Morgan fingerprint density at radius 2 is 2.04 bits per heavy atom. The van der Waals surface area contributed by atoms with Crippen molar-refractivity contribution in [2.45, 2.75) is 32.2 Å². The number of benzene rings is 1. The molecule has 1 amide bonds. The molecule has 1 aliphatic heterocycles. The molecule has 1 aliphatic rings. The average Bonchev–Trinajstić information content (AvgIpc) is 2.48. The first-order valence-corrected chi connectivity index (χ1v) is 7.63. The van der Waals surface area contributed by atoms with Crippen LogP contribution in [0.1, 0.15) is 54.0 Å². The van der Waals surface area contributed by atoms with E-state index < -0.39 is 5.56 Å². The molecule has 23 heavy (non-hydrogen) atoms. The molecular weight excluding hydrogens is 297 g/mol. The first-order valence-electron chi connectivity index (χ1n) is 7.63. The zero-order chi connectivity index (χ0) is 16.6. The van der Waals surface area contributed by atoms with E-state index in [9.17, 15) is 14.0 Å². The first kappa shape index (κ1) is 15.4. The molecule has 1 saturated heterocycles. The Bertz CT molecular complexity index is 783. The van der Waals surface area contributed by atoms with Crippen molar-refractivity contribution in [1.29, 1.82) is 0 Å². The first-order chi connectivity index (χ1) is 11.0. The molecular formula is C17H18FN3O2. The number of nitrogens with one attached hydrogen (secondary N) is 1. The maximum atomic E-state index is 13.0. The fourth-order valence-electron chi connectivity index (χ4n) is 2.67. The van der Waals surface area contributed by atoms with Crippen molar-refractivity contribution in [2.75, 3.05) is 6.54 Å². The third kappa shape index (κ3) is 2.88. The van der Waals surface area contributed by atoms with Crippen molar-refractivity contribution < 1.29 is 9.18 Å². The molecule has 120 valence electrons. The molecule has 0 saturated carbocycles. The van der Waals surface area contributed by atoms with Gasteiger partial charge in [0.05, 0.1) is 6.04 Å². The van der Waals surface area contributed by atoms with Gasteiger partial charge < -0.3 is 9.88 Å². The second-order valence-electron chi connectivity index (χ2n) is 6.02. The van der Waals surface area contributed by atoms with Crippen LogP contribution in [0, 0.1) is 5.82 Å². The Kier molecular flexibility index (Phi) is 3.98. The summed E-state index contributed by atoms with van der Waals surface area (Å²) in [6.07, 6.45) is 2.14. The van der Waals surface area contributed by atoms with Crippen LogP contribution in [-0.2, 0) is 0 Å². The SMILES string of the molecule is CC(C)c1ncc(C(=O)N2CCC2c2ccc(F)cc2)c(=O)[nH]1. The van der Waals surface area contributed by atoms with Gasteiger partial charge in [-0.15, -0.1) is 0 Å². The van der Waals surface area contributed by atoms with Crippen LogP contribution in [0.3, 0.4) is 0 Å². The molecule has 0 aliphatic carbocycles. The number of H-pyrrole nitrogens is 1. The van der Waals surface area contributed by atoms with Gasteiger partial charge in [0.15, 0.2) is 0 Å². The van der Waals surface area contributed by atoms with E-state index in [1.807, 2.05) is 13.8 Å². The molecule has 0 bridgehead atoms. The monoisotopic (exact) mass is 315 g/mol. The molecule has 5 nitrogen and oxygen atoms in total. The summed E-state index contributed by atoms with van der Waals surface area (Å²) in [5.41, 5.74) is 0.494. The Morgan fingerprint density at radius 1 is 1.35 bits per heavy atom. The summed E-state index contributed by atoms with van der Waals surface area (Å²) in [5.74, 6) is -0.00133. The van der Waals surface area contributed by atoms with Gasteiger partial charge in [-0.1, -0.05) is 26.0 Å². The fraction of sp³-hybridized carbons (Fsp3) is 0.353. The molecule has 1 unspecified atom stereocenters. The summed E-state index contributed by atoms with van der Waals surface area (Å²) in [6.45, 7) is 4.41. The average molecular weight is 315 g/mol. The van der Waals surface area contributed by atoms with Crippen molar-refractivity contribution in [2.24, 2.45) is 0 Å². The minimum Gasteiger partial charge on any atom is -0.331 e. The lowest BCUT2D eigenvalue weighted by molar-refractivity contribution is 0.0458. The second kappa shape index (κ2) is 5.95. The number of aromatic amines is 1. The predicted molar refractivity (Wildman–Crippen MR) is 83.7 cm³/mol. The molecule has 2 heterocycles. The largest absolute Gasteiger partial charge is 0.331 e. The van der Waals surface area contributed by atoms with E-state index in [2.05, 4.69) is 9.97 Å². The number of carbonyl (C=O) groups excluding carboxylic acids is 1. The van der Waals surface area contributed by atoms with Gasteiger partial charge in [0.25, 0.3) is 11.5 Å². The van der Waals surface area contributed by atoms with Crippen LogP contribution in [0.4, 0.5) is 4.39 Å². The quantitative estimate of drug-likeness (QED) is 0.947. The highest BCUT2D eigenvalue weighted by atomic mass is 19.1. The zero-order valence-electron chi connectivity index (χ0n) is 13.0. The molecule has 1 aromatic carbocycles. The predicted octanol–water partition coefficient (Wildman–Crippen LogP) is 2.62. The van der Waals surface area contributed by atoms with E-state index in [1.165, 1.54) is 18.3 Å². The topological polar surface area (TPSA) is 66.1 Å². The van der Waals surface area contributed by atoms with Gasteiger partial charge in [-0.2, -0.15) is 0 Å². The van der Waals surface area contributed by atoms with Crippen LogP contribution in [-0.4, -0.2) is 27.3 Å². The van der Waals surface area contributed by atoms with Crippen LogP contribution in [0.15, 0.2) is 35.3 Å². The highest BCUT2D eigenvalue weighted by Crippen LogP contribution is 2.34. The molecule has 1 N–H and O–H groups in total. The molecule has 0 radical (unpaired) electrons. The number of hydrogen-bond donors (Lipinski definition) is 1. The molecule has 1 fully saturated rings. The van der Waals surface area contributed by atoms with Gasteiger partial charge in [0, 0.05) is 18.7 Å². The van der Waals surface area contributed by atoms with Crippen molar-refractivity contribution in [3.8, 4) is 0 Å². The summed E-state index contributed by atoms with van der Waals surface area (Å²) >= 11 is 0. The van der Waals surface area contributed by atoms with Gasteiger partial charge in [0.1, 0.15) is 17.2 Å².